The van der Waals surface area contributed by atoms with Crippen molar-refractivity contribution in [2.24, 2.45) is 17.4 Å². The number of para-hydroxylation sites is 1. The number of fused-ring (bicyclic) bond motifs is 1. The number of carbonyl (C=O) groups is 9. The highest BCUT2D eigenvalue weighted by Gasteiger charge is 2.42. The molecule has 5 rings (SSSR count). The van der Waals surface area contributed by atoms with Crippen LogP contribution in [0.25, 0.3) is 10.9 Å². The lowest BCUT2D eigenvalue weighted by atomic mass is 9.98. The first-order valence-corrected chi connectivity index (χ1v) is 26.1. The van der Waals surface area contributed by atoms with Crippen LogP contribution in [0, 0.1) is 5.92 Å². The van der Waals surface area contributed by atoms with Gasteiger partial charge < -0.3 is 69.0 Å². The number of amides is 7. The first-order chi connectivity index (χ1) is 35.1. The molecule has 22 nitrogen and oxygen atoms in total. The van der Waals surface area contributed by atoms with Gasteiger partial charge in [0, 0.05) is 46.9 Å². The van der Waals surface area contributed by atoms with Crippen LogP contribution < -0.4 is 48.7 Å². The number of nitrogens with one attached hydrogen (secondary N) is 8. The van der Waals surface area contributed by atoms with E-state index in [1.54, 1.807) is 70.3 Å². The van der Waals surface area contributed by atoms with Crippen LogP contribution in [-0.2, 0) is 62.4 Å². The standard InChI is InChI=1S/C50H64N10O12S2/c1-26(2)40(49(71)72)59-47(69)38-25-73-74-50(3,4)41(60-42(64)32(52)23-39(62)63)48(70)57-36(20-27-10-6-5-7-11-27)44(66)56-37(22-29-24-53-33-13-9-8-12-31(29)33)46(68)54-34(18-19-51)43(65)55-35(45(67)58-38)21-28-14-16-30(61)17-15-28/h5-17,24,26,32,34-38,40-41,53,61H,18-23,25,51-52H2,1-4H3,(H,54,68)(H,55,65)(H,56,66)(H,57,70)(H,58,67)(H,59,69)(H,60,64)(H,62,63)(H,71,72)/t32?,34-,35-,36-,37+,38-,40?,41+/m0/s1. The highest BCUT2D eigenvalue weighted by atomic mass is 33.1. The second-order valence-electron chi connectivity index (χ2n) is 18.7. The van der Waals surface area contributed by atoms with Gasteiger partial charge in [-0.15, -0.1) is 0 Å². The summed E-state index contributed by atoms with van der Waals surface area (Å²) in [6.07, 6.45) is 0.226. The molecule has 2 unspecified atom stereocenters. The topological polar surface area (TPSA) is 366 Å². The molecular formula is C50H64N10O12S2. The van der Waals surface area contributed by atoms with E-state index in [-0.39, 0.29) is 43.7 Å². The SMILES string of the molecule is CC(C)C(NC(=O)[C@@H]1CSSC(C)(C)[C@H](NC(=O)C(N)CC(=O)O)C(=O)N[C@@H](Cc2ccccc2)C(=O)N[C@H](Cc2c[nH]c3ccccc23)C(=O)N[C@@H](CCN)C(=O)N[C@@H](Cc2ccc(O)cc2)C(=O)N1)C(=O)O. The molecule has 0 spiro atoms. The van der Waals surface area contributed by atoms with Crippen LogP contribution >= 0.6 is 21.6 Å². The molecule has 1 aliphatic rings. The number of carboxylic acid groups (broad SMARTS) is 2. The molecule has 3 aromatic carbocycles. The average molecular weight is 1060 g/mol. The van der Waals surface area contributed by atoms with Gasteiger partial charge in [0.25, 0.3) is 0 Å². The van der Waals surface area contributed by atoms with E-state index < -0.39 is 119 Å². The molecule has 1 fully saturated rings. The molecule has 1 saturated heterocycles. The number of phenolic OH excluding ortho intramolecular Hbond substituents is 1. The van der Waals surface area contributed by atoms with Gasteiger partial charge in [0.1, 0.15) is 48.0 Å². The van der Waals surface area contributed by atoms with Crippen molar-refractivity contribution in [3.8, 4) is 5.75 Å². The monoisotopic (exact) mass is 1060 g/mol. The fraction of sp³-hybridized carbons (Fsp3) is 0.420. The smallest absolute Gasteiger partial charge is 0.326 e. The number of H-pyrrole nitrogens is 1. The lowest BCUT2D eigenvalue weighted by molar-refractivity contribution is -0.143. The molecule has 8 atom stereocenters. The van der Waals surface area contributed by atoms with E-state index in [4.69, 9.17) is 11.5 Å². The third kappa shape index (κ3) is 16.4. The Hall–Kier alpha value is -7.15. The van der Waals surface area contributed by atoms with Crippen LogP contribution in [0.15, 0.2) is 85.1 Å². The second kappa shape index (κ2) is 26.7. The van der Waals surface area contributed by atoms with Crippen molar-refractivity contribution < 1.29 is 58.5 Å². The van der Waals surface area contributed by atoms with Gasteiger partial charge in [-0.25, -0.2) is 4.79 Å². The van der Waals surface area contributed by atoms with Gasteiger partial charge in [-0.3, -0.25) is 38.4 Å². The largest absolute Gasteiger partial charge is 0.508 e. The molecule has 0 saturated carbocycles. The summed E-state index contributed by atoms with van der Waals surface area (Å²) in [6.45, 7) is 6.10. The number of benzene rings is 3. The summed E-state index contributed by atoms with van der Waals surface area (Å²) in [7, 11) is 1.90. The van der Waals surface area contributed by atoms with Gasteiger partial charge in [-0.1, -0.05) is 96.1 Å². The lowest BCUT2D eigenvalue weighted by Gasteiger charge is -2.35. The van der Waals surface area contributed by atoms with Gasteiger partial charge in [0.2, 0.25) is 41.4 Å². The number of aliphatic carboxylic acids is 2. The Morgan fingerprint density at radius 2 is 1.27 bits per heavy atom. The summed E-state index contributed by atoms with van der Waals surface area (Å²) in [4.78, 5) is 128. The molecule has 0 radical (unpaired) electrons. The van der Waals surface area contributed by atoms with Crippen molar-refractivity contribution >= 4 is 85.8 Å². The van der Waals surface area contributed by atoms with Gasteiger partial charge in [0.15, 0.2) is 0 Å². The summed E-state index contributed by atoms with van der Waals surface area (Å²) < 4.78 is -1.42. The normalized spacial score (nSPS) is 22.2. The van der Waals surface area contributed by atoms with Crippen molar-refractivity contribution in [1.82, 2.24) is 42.2 Å². The second-order valence-corrected chi connectivity index (χ2v) is 21.7. The Morgan fingerprint density at radius 3 is 1.86 bits per heavy atom. The molecule has 4 aromatic rings. The number of phenols is 1. The van der Waals surface area contributed by atoms with Gasteiger partial charge in [-0.2, -0.15) is 0 Å². The molecule has 0 bridgehead atoms. The minimum absolute atomic E-state index is 0.0837. The van der Waals surface area contributed by atoms with Crippen LogP contribution in [0.5, 0.6) is 5.75 Å². The van der Waals surface area contributed by atoms with E-state index in [9.17, 15) is 58.5 Å². The number of nitrogens with two attached hydrogens (primary N) is 2. The Balaban J connectivity index is 1.65. The van der Waals surface area contributed by atoms with Crippen LogP contribution in [-0.4, -0.2) is 139 Å². The van der Waals surface area contributed by atoms with Crippen LogP contribution in [0.4, 0.5) is 0 Å². The maximum Gasteiger partial charge on any atom is 0.326 e. The highest BCUT2D eigenvalue weighted by molar-refractivity contribution is 8.77. The van der Waals surface area contributed by atoms with Crippen molar-refractivity contribution in [2.75, 3.05) is 12.3 Å². The number of carboxylic acids is 2. The van der Waals surface area contributed by atoms with Gasteiger partial charge in [0.05, 0.1) is 12.5 Å². The van der Waals surface area contributed by atoms with Crippen molar-refractivity contribution in [3.05, 3.63) is 102 Å². The predicted molar refractivity (Wildman–Crippen MR) is 278 cm³/mol. The van der Waals surface area contributed by atoms with Crippen molar-refractivity contribution in [3.63, 3.8) is 0 Å². The van der Waals surface area contributed by atoms with Crippen molar-refractivity contribution in [2.45, 2.75) is 113 Å². The minimum Gasteiger partial charge on any atom is -0.508 e. The molecule has 15 N–H and O–H groups in total. The first kappa shape index (κ1) is 57.7. The molecule has 7 amide bonds. The summed E-state index contributed by atoms with van der Waals surface area (Å²) in [5, 5.41) is 48.8. The van der Waals surface area contributed by atoms with Gasteiger partial charge in [-0.05, 0) is 67.6 Å². The van der Waals surface area contributed by atoms with Crippen LogP contribution in [0.2, 0.25) is 0 Å². The Labute approximate surface area is 434 Å². The summed E-state index contributed by atoms with van der Waals surface area (Å²) >= 11 is 0. The third-order valence-corrected chi connectivity index (χ3v) is 15.4. The van der Waals surface area contributed by atoms with E-state index >= 15 is 0 Å². The zero-order chi connectivity index (χ0) is 54.3. The minimum atomic E-state index is -1.62. The molecule has 1 aliphatic heterocycles. The first-order valence-electron chi connectivity index (χ1n) is 23.8. The number of aromatic hydroxyl groups is 1. The van der Waals surface area contributed by atoms with Crippen LogP contribution in [0.3, 0.4) is 0 Å². The molecule has 1 aromatic heterocycles. The number of hydrogen-bond acceptors (Lipinski definition) is 14. The Bertz CT molecular complexity index is 2650. The number of carbonyl (C=O) groups excluding carboxylic acids is 7. The molecule has 2 heterocycles. The molecule has 74 heavy (non-hydrogen) atoms. The third-order valence-electron chi connectivity index (χ3n) is 12.1. The van der Waals surface area contributed by atoms with E-state index in [1.807, 2.05) is 18.2 Å². The Kier molecular flexibility index (Phi) is 20.8. The summed E-state index contributed by atoms with van der Waals surface area (Å²) in [5.41, 5.74) is 14.3. The van der Waals surface area contributed by atoms with E-state index in [2.05, 4.69) is 42.2 Å². The average Bonchev–Trinajstić information content (AvgIpc) is 3.75. The molecule has 0 aliphatic carbocycles. The number of aromatic nitrogens is 1. The maximum absolute atomic E-state index is 14.8. The summed E-state index contributed by atoms with van der Waals surface area (Å²) in [6, 6.07) is 9.70. The zero-order valence-electron chi connectivity index (χ0n) is 41.2. The fourth-order valence-electron chi connectivity index (χ4n) is 7.98. The molecule has 398 valence electrons. The van der Waals surface area contributed by atoms with E-state index in [0.29, 0.717) is 16.7 Å². The van der Waals surface area contributed by atoms with Crippen LogP contribution in [0.1, 0.15) is 57.2 Å². The van der Waals surface area contributed by atoms with Crippen molar-refractivity contribution in [1.29, 1.82) is 0 Å². The quantitative estimate of drug-likeness (QED) is 0.0674. The Morgan fingerprint density at radius 1 is 0.730 bits per heavy atom. The number of rotatable bonds is 16. The predicted octanol–water partition coefficient (Wildman–Crippen LogP) is 0.360. The maximum atomic E-state index is 14.8. The van der Waals surface area contributed by atoms with Gasteiger partial charge >= 0.3 is 11.9 Å². The van der Waals surface area contributed by atoms with E-state index in [0.717, 1.165) is 32.5 Å². The molecular weight excluding hydrogens is 997 g/mol. The van der Waals surface area contributed by atoms with E-state index in [1.165, 1.54) is 24.3 Å². The number of aromatic amines is 1. The summed E-state index contributed by atoms with van der Waals surface area (Å²) in [5.74, 6) is -10.1. The fourth-order valence-corrected chi connectivity index (χ4v) is 10.8. The zero-order valence-corrected chi connectivity index (χ0v) is 42.8. The molecule has 24 heteroatoms. The highest BCUT2D eigenvalue weighted by Crippen LogP contribution is 2.39. The number of hydrogen-bond donors (Lipinski definition) is 13. The lowest BCUT2D eigenvalue weighted by Crippen LogP contribution is -2.63.